The summed E-state index contributed by atoms with van der Waals surface area (Å²) in [7, 11) is 0. The van der Waals surface area contributed by atoms with E-state index in [0.717, 1.165) is 12.8 Å². The minimum absolute atomic E-state index is 0.165. The van der Waals surface area contributed by atoms with Crippen LogP contribution in [-0.4, -0.2) is 21.3 Å². The maximum absolute atomic E-state index is 11.2. The van der Waals surface area contributed by atoms with Gasteiger partial charge in [0.25, 0.3) is 0 Å². The van der Waals surface area contributed by atoms with Crippen LogP contribution in [-0.2, 0) is 6.42 Å². The second-order valence-electron chi connectivity index (χ2n) is 6.56. The number of carbonyl (C=O) groups is 1. The van der Waals surface area contributed by atoms with Crippen LogP contribution >= 0.6 is 0 Å². The summed E-state index contributed by atoms with van der Waals surface area (Å²) >= 11 is 0. The topological polar surface area (TPSA) is 77.8 Å². The number of aromatic hydroxyl groups is 2. The Bertz CT molecular complexity index is 497. The van der Waals surface area contributed by atoms with Gasteiger partial charge in [0.2, 0.25) is 0 Å². The molecule has 24 heavy (non-hydrogen) atoms. The van der Waals surface area contributed by atoms with Crippen molar-refractivity contribution in [2.45, 2.75) is 84.0 Å². The number of rotatable bonds is 13. The number of benzene rings is 1. The minimum atomic E-state index is -1.19. The summed E-state index contributed by atoms with van der Waals surface area (Å²) in [5.41, 5.74) is 0.427. The van der Waals surface area contributed by atoms with Crippen molar-refractivity contribution in [1.82, 2.24) is 0 Å². The van der Waals surface area contributed by atoms with Crippen molar-refractivity contribution in [2.24, 2.45) is 0 Å². The smallest absolute Gasteiger partial charge is 0.339 e. The summed E-state index contributed by atoms with van der Waals surface area (Å²) in [5.74, 6) is -2.10. The molecule has 0 fully saturated rings. The van der Waals surface area contributed by atoms with Crippen LogP contribution in [0.4, 0.5) is 0 Å². The molecule has 1 rings (SSSR count). The van der Waals surface area contributed by atoms with Crippen molar-refractivity contribution in [3.05, 3.63) is 23.3 Å². The quantitative estimate of drug-likeness (QED) is 0.321. The van der Waals surface area contributed by atoms with Gasteiger partial charge in [0.15, 0.2) is 11.5 Å². The number of unbranched alkanes of at least 4 members (excludes halogenated alkanes) is 10. The lowest BCUT2D eigenvalue weighted by molar-refractivity contribution is 0.0691. The Labute approximate surface area is 145 Å². The fourth-order valence-corrected chi connectivity index (χ4v) is 3.05. The highest BCUT2D eigenvalue weighted by atomic mass is 16.4. The number of hydrogen-bond acceptors (Lipinski definition) is 3. The molecule has 1 aromatic rings. The molecule has 0 amide bonds. The molecule has 0 saturated carbocycles. The Hall–Kier alpha value is -1.71. The molecule has 0 aromatic heterocycles. The SMILES string of the molecule is CCCCCCCCCCCCCc1ccc(O)c(O)c1C(=O)O. The molecule has 0 radical (unpaired) electrons. The molecule has 0 heterocycles. The first-order valence-corrected chi connectivity index (χ1v) is 9.35. The van der Waals surface area contributed by atoms with Crippen molar-refractivity contribution in [1.29, 1.82) is 0 Å². The summed E-state index contributed by atoms with van der Waals surface area (Å²) in [6, 6.07) is 2.95. The highest BCUT2D eigenvalue weighted by molar-refractivity contribution is 5.93. The Morgan fingerprint density at radius 3 is 1.83 bits per heavy atom. The molecule has 1 aromatic carbocycles. The number of phenolic OH excluding ortho intramolecular Hbond substituents is 1. The van der Waals surface area contributed by atoms with Crippen molar-refractivity contribution in [2.75, 3.05) is 0 Å². The van der Waals surface area contributed by atoms with Crippen LogP contribution in [0.5, 0.6) is 11.5 Å². The summed E-state index contributed by atoms with van der Waals surface area (Å²) in [6.07, 6.45) is 14.3. The van der Waals surface area contributed by atoms with Gasteiger partial charge in [-0.2, -0.15) is 0 Å². The third kappa shape index (κ3) is 7.24. The third-order valence-electron chi connectivity index (χ3n) is 4.51. The van der Waals surface area contributed by atoms with Gasteiger partial charge in [0, 0.05) is 0 Å². The number of aryl methyl sites for hydroxylation is 1. The normalized spacial score (nSPS) is 10.9. The summed E-state index contributed by atoms with van der Waals surface area (Å²) < 4.78 is 0. The Kier molecular flexibility index (Phi) is 9.97. The second-order valence-corrected chi connectivity index (χ2v) is 6.56. The zero-order valence-electron chi connectivity index (χ0n) is 14.9. The second kappa shape index (κ2) is 11.8. The first kappa shape index (κ1) is 20.3. The van der Waals surface area contributed by atoms with E-state index < -0.39 is 11.7 Å². The van der Waals surface area contributed by atoms with E-state index in [0.29, 0.717) is 12.0 Å². The molecule has 4 nitrogen and oxygen atoms in total. The van der Waals surface area contributed by atoms with Gasteiger partial charge in [0.1, 0.15) is 5.56 Å². The van der Waals surface area contributed by atoms with Crippen LogP contribution in [0, 0.1) is 0 Å². The summed E-state index contributed by atoms with van der Waals surface area (Å²) in [6.45, 7) is 2.24. The Balaban J connectivity index is 2.18. The van der Waals surface area contributed by atoms with Gasteiger partial charge in [-0.05, 0) is 24.5 Å². The van der Waals surface area contributed by atoms with Crippen molar-refractivity contribution >= 4 is 5.97 Å². The van der Waals surface area contributed by atoms with E-state index >= 15 is 0 Å². The molecule has 0 saturated heterocycles. The fourth-order valence-electron chi connectivity index (χ4n) is 3.05. The first-order chi connectivity index (χ1) is 11.6. The molecule has 0 aliphatic heterocycles. The molecule has 0 spiro atoms. The number of aromatic carboxylic acids is 1. The zero-order valence-corrected chi connectivity index (χ0v) is 14.9. The van der Waals surface area contributed by atoms with E-state index in [1.807, 2.05) is 0 Å². The van der Waals surface area contributed by atoms with Crippen LogP contribution in [0.3, 0.4) is 0 Å². The Morgan fingerprint density at radius 1 is 0.833 bits per heavy atom. The lowest BCUT2D eigenvalue weighted by Crippen LogP contribution is -2.03. The van der Waals surface area contributed by atoms with Crippen LogP contribution < -0.4 is 0 Å². The maximum atomic E-state index is 11.2. The average molecular weight is 336 g/mol. The summed E-state index contributed by atoms with van der Waals surface area (Å²) in [4.78, 5) is 11.2. The number of carboxylic acids is 1. The van der Waals surface area contributed by atoms with E-state index in [4.69, 9.17) is 0 Å². The molecule has 0 bridgehead atoms. The van der Waals surface area contributed by atoms with Crippen molar-refractivity contribution < 1.29 is 20.1 Å². The standard InChI is InChI=1S/C20H32O4/c1-2-3-4-5-6-7-8-9-10-11-12-13-16-14-15-17(21)19(22)18(16)20(23)24/h14-15,21-22H,2-13H2,1H3,(H,23,24). The Morgan fingerprint density at radius 2 is 1.33 bits per heavy atom. The lowest BCUT2D eigenvalue weighted by atomic mass is 9.99. The van der Waals surface area contributed by atoms with Gasteiger partial charge in [-0.25, -0.2) is 4.79 Å². The molecule has 3 N–H and O–H groups in total. The molecule has 136 valence electrons. The van der Waals surface area contributed by atoms with Crippen LogP contribution in [0.15, 0.2) is 12.1 Å². The van der Waals surface area contributed by atoms with Gasteiger partial charge in [-0.15, -0.1) is 0 Å². The molecule has 0 atom stereocenters. The maximum Gasteiger partial charge on any atom is 0.339 e. The van der Waals surface area contributed by atoms with Gasteiger partial charge < -0.3 is 15.3 Å². The lowest BCUT2D eigenvalue weighted by Gasteiger charge is -2.09. The highest BCUT2D eigenvalue weighted by Crippen LogP contribution is 2.32. The van der Waals surface area contributed by atoms with Gasteiger partial charge in [0.05, 0.1) is 0 Å². The van der Waals surface area contributed by atoms with Gasteiger partial charge in [-0.1, -0.05) is 77.2 Å². The third-order valence-corrected chi connectivity index (χ3v) is 4.51. The largest absolute Gasteiger partial charge is 0.504 e. The average Bonchev–Trinajstić information content (AvgIpc) is 2.55. The highest BCUT2D eigenvalue weighted by Gasteiger charge is 2.18. The number of hydrogen-bond donors (Lipinski definition) is 3. The van der Waals surface area contributed by atoms with E-state index in [1.54, 1.807) is 6.07 Å². The van der Waals surface area contributed by atoms with Crippen LogP contribution in [0.1, 0.15) is 93.5 Å². The molecular weight excluding hydrogens is 304 g/mol. The van der Waals surface area contributed by atoms with Crippen LogP contribution in [0.25, 0.3) is 0 Å². The molecule has 4 heteroatoms. The van der Waals surface area contributed by atoms with E-state index in [1.165, 1.54) is 63.9 Å². The summed E-state index contributed by atoms with van der Waals surface area (Å²) in [5, 5.41) is 28.3. The van der Waals surface area contributed by atoms with Crippen molar-refractivity contribution in [3.8, 4) is 11.5 Å². The molecule has 0 aliphatic carbocycles. The van der Waals surface area contributed by atoms with Gasteiger partial charge in [-0.3, -0.25) is 0 Å². The van der Waals surface area contributed by atoms with Gasteiger partial charge >= 0.3 is 5.97 Å². The van der Waals surface area contributed by atoms with E-state index in [2.05, 4.69) is 6.92 Å². The van der Waals surface area contributed by atoms with Crippen molar-refractivity contribution in [3.63, 3.8) is 0 Å². The minimum Gasteiger partial charge on any atom is -0.504 e. The van der Waals surface area contributed by atoms with E-state index in [-0.39, 0.29) is 11.3 Å². The van der Waals surface area contributed by atoms with E-state index in [9.17, 15) is 20.1 Å². The fraction of sp³-hybridized carbons (Fsp3) is 0.650. The predicted molar refractivity (Wildman–Crippen MR) is 96.9 cm³/mol. The molecular formula is C20H32O4. The van der Waals surface area contributed by atoms with Crippen LogP contribution in [0.2, 0.25) is 0 Å². The molecule has 0 unspecified atom stereocenters. The molecule has 0 aliphatic rings. The first-order valence-electron chi connectivity index (χ1n) is 9.35. The number of carboxylic acid groups (broad SMARTS) is 1. The predicted octanol–water partition coefficient (Wildman–Crippen LogP) is 5.65. The zero-order chi connectivity index (χ0) is 17.8. The number of phenols is 2. The monoisotopic (exact) mass is 336 g/mol.